The van der Waals surface area contributed by atoms with Gasteiger partial charge in [-0.05, 0) is 49.9 Å². The van der Waals surface area contributed by atoms with E-state index in [0.29, 0.717) is 42.2 Å². The maximum absolute atomic E-state index is 12.8. The number of hydrogen-bond acceptors (Lipinski definition) is 7. The van der Waals surface area contributed by atoms with Crippen LogP contribution < -0.4 is 9.47 Å². The van der Waals surface area contributed by atoms with Crippen LogP contribution in [-0.4, -0.2) is 51.0 Å². The summed E-state index contributed by atoms with van der Waals surface area (Å²) in [5.41, 5.74) is 2.42. The van der Waals surface area contributed by atoms with Crippen LogP contribution in [0.5, 0.6) is 11.5 Å². The molecule has 1 N–H and O–H groups in total. The molecule has 9 heteroatoms. The van der Waals surface area contributed by atoms with Gasteiger partial charge in [0.05, 0.1) is 0 Å². The average molecular weight is 407 g/mol. The van der Waals surface area contributed by atoms with E-state index in [2.05, 4.69) is 20.3 Å². The average Bonchev–Trinajstić information content (AvgIpc) is 3.20. The molecule has 3 aliphatic rings. The Hall–Kier alpha value is -3.36. The van der Waals surface area contributed by atoms with Gasteiger partial charge >= 0.3 is 0 Å². The number of fused-ring (bicyclic) bond motifs is 1. The van der Waals surface area contributed by atoms with E-state index < -0.39 is 0 Å². The van der Waals surface area contributed by atoms with Gasteiger partial charge in [-0.1, -0.05) is 5.16 Å². The lowest BCUT2D eigenvalue weighted by Crippen LogP contribution is -2.38. The van der Waals surface area contributed by atoms with Gasteiger partial charge in [0, 0.05) is 36.2 Å². The molecule has 154 valence electrons. The number of nitrogens with one attached hydrogen (secondary N) is 1. The maximum atomic E-state index is 12.8. The van der Waals surface area contributed by atoms with E-state index in [9.17, 15) is 4.79 Å². The zero-order chi connectivity index (χ0) is 20.1. The molecule has 0 unspecified atom stereocenters. The Morgan fingerprint density at radius 3 is 2.70 bits per heavy atom. The van der Waals surface area contributed by atoms with Crippen LogP contribution in [0.25, 0.3) is 11.4 Å². The fourth-order valence-corrected chi connectivity index (χ4v) is 4.10. The predicted octanol–water partition coefficient (Wildman–Crippen LogP) is 3.09. The number of ether oxygens (including phenoxy) is 2. The number of benzene rings is 1. The number of carbonyl (C=O) groups is 1. The second-order valence-electron chi connectivity index (χ2n) is 8.07. The molecule has 1 amide bonds. The van der Waals surface area contributed by atoms with Crippen LogP contribution in [0.15, 0.2) is 28.8 Å². The number of aromatic nitrogens is 4. The highest BCUT2D eigenvalue weighted by atomic mass is 16.7. The van der Waals surface area contributed by atoms with Gasteiger partial charge in [0.15, 0.2) is 11.5 Å². The summed E-state index contributed by atoms with van der Waals surface area (Å²) >= 11 is 0. The fourth-order valence-electron chi connectivity index (χ4n) is 4.10. The molecule has 0 spiro atoms. The Morgan fingerprint density at radius 2 is 1.87 bits per heavy atom. The minimum atomic E-state index is -0.0109. The third-order valence-electron chi connectivity index (χ3n) is 6.04. The molecule has 2 fully saturated rings. The molecular weight excluding hydrogens is 386 g/mol. The molecule has 2 aromatic heterocycles. The van der Waals surface area contributed by atoms with Crippen molar-refractivity contribution in [1.29, 1.82) is 0 Å². The molecule has 1 aromatic carbocycles. The van der Waals surface area contributed by atoms with Gasteiger partial charge in [-0.25, -0.2) is 0 Å². The van der Waals surface area contributed by atoms with Crippen molar-refractivity contribution >= 4 is 5.91 Å². The minimum absolute atomic E-state index is 0.0109. The number of piperidine rings is 1. The first-order chi connectivity index (χ1) is 14.7. The summed E-state index contributed by atoms with van der Waals surface area (Å²) in [5.74, 6) is 3.25. The van der Waals surface area contributed by atoms with E-state index in [1.807, 2.05) is 29.2 Å². The maximum Gasteiger partial charge on any atom is 0.274 e. The van der Waals surface area contributed by atoms with Crippen molar-refractivity contribution in [3.05, 3.63) is 41.5 Å². The Labute approximate surface area is 172 Å². The highest BCUT2D eigenvalue weighted by Gasteiger charge is 2.31. The highest BCUT2D eigenvalue weighted by molar-refractivity contribution is 5.92. The van der Waals surface area contributed by atoms with E-state index in [1.54, 1.807) is 0 Å². The number of amides is 1. The zero-order valence-corrected chi connectivity index (χ0v) is 16.3. The third kappa shape index (κ3) is 3.10. The number of carbonyl (C=O) groups excluding carboxylic acids is 1. The van der Waals surface area contributed by atoms with Crippen LogP contribution in [0.1, 0.15) is 59.6 Å². The summed E-state index contributed by atoms with van der Waals surface area (Å²) < 4.78 is 16.3. The van der Waals surface area contributed by atoms with Crippen LogP contribution in [0.4, 0.5) is 0 Å². The van der Waals surface area contributed by atoms with Gasteiger partial charge in [-0.2, -0.15) is 10.1 Å². The Kier molecular flexibility index (Phi) is 4.00. The molecule has 30 heavy (non-hydrogen) atoms. The standard InChI is InChI=1S/C21H21N5O4/c27-21(16-10-15(23-24-16)12-1-2-12)26-7-5-13(6-8-26)20-22-19(25-30-20)14-3-4-17-18(9-14)29-11-28-17/h3-4,9-10,12-13H,1-2,5-8,11H2,(H,23,24). The van der Waals surface area contributed by atoms with Gasteiger partial charge < -0.3 is 18.9 Å². The summed E-state index contributed by atoms with van der Waals surface area (Å²) in [4.78, 5) is 19.2. The molecule has 1 saturated heterocycles. The molecule has 2 aliphatic heterocycles. The molecule has 3 aromatic rings. The second-order valence-corrected chi connectivity index (χ2v) is 8.07. The van der Waals surface area contributed by atoms with Crippen molar-refractivity contribution in [2.75, 3.05) is 19.9 Å². The topological polar surface area (TPSA) is 106 Å². The van der Waals surface area contributed by atoms with Gasteiger partial charge in [0.1, 0.15) is 5.69 Å². The molecule has 1 aliphatic carbocycles. The first kappa shape index (κ1) is 17.5. The van der Waals surface area contributed by atoms with Crippen LogP contribution in [-0.2, 0) is 0 Å². The van der Waals surface area contributed by atoms with Gasteiger partial charge in [0.2, 0.25) is 18.5 Å². The number of likely N-dealkylation sites (tertiary alicyclic amines) is 1. The number of aromatic amines is 1. The quantitative estimate of drug-likeness (QED) is 0.708. The normalized spacial score (nSPS) is 18.7. The lowest BCUT2D eigenvalue weighted by Gasteiger charge is -2.29. The Bertz CT molecular complexity index is 1090. The molecule has 0 bridgehead atoms. The SMILES string of the molecule is O=C(c1cc(C2CC2)[nH]n1)N1CCC(c2nc(-c3ccc4c(c3)OCO4)no2)CC1. The predicted molar refractivity (Wildman–Crippen MR) is 104 cm³/mol. The summed E-state index contributed by atoms with van der Waals surface area (Å²) in [5, 5.41) is 11.4. The number of hydrogen-bond donors (Lipinski definition) is 1. The van der Waals surface area contributed by atoms with E-state index in [-0.39, 0.29) is 18.6 Å². The summed E-state index contributed by atoms with van der Waals surface area (Å²) in [7, 11) is 0. The minimum Gasteiger partial charge on any atom is -0.454 e. The monoisotopic (exact) mass is 407 g/mol. The second kappa shape index (κ2) is 6.86. The number of H-pyrrole nitrogens is 1. The van der Waals surface area contributed by atoms with Crippen molar-refractivity contribution in [2.24, 2.45) is 0 Å². The molecule has 4 heterocycles. The summed E-state index contributed by atoms with van der Waals surface area (Å²) in [6.07, 6.45) is 3.93. The van der Waals surface area contributed by atoms with Crippen LogP contribution in [0.2, 0.25) is 0 Å². The molecule has 0 radical (unpaired) electrons. The molecule has 0 atom stereocenters. The summed E-state index contributed by atoms with van der Waals surface area (Å²) in [6.45, 7) is 1.53. The molecule has 6 rings (SSSR count). The molecule has 1 saturated carbocycles. The zero-order valence-electron chi connectivity index (χ0n) is 16.3. The Balaban J connectivity index is 1.11. The van der Waals surface area contributed by atoms with Crippen molar-refractivity contribution < 1.29 is 18.8 Å². The smallest absolute Gasteiger partial charge is 0.274 e. The largest absolute Gasteiger partial charge is 0.454 e. The lowest BCUT2D eigenvalue weighted by molar-refractivity contribution is 0.0698. The molecular formula is C21H21N5O4. The van der Waals surface area contributed by atoms with Crippen molar-refractivity contribution in [2.45, 2.75) is 37.5 Å². The lowest BCUT2D eigenvalue weighted by atomic mass is 9.96. The summed E-state index contributed by atoms with van der Waals surface area (Å²) in [6, 6.07) is 7.50. The van der Waals surface area contributed by atoms with Crippen molar-refractivity contribution in [1.82, 2.24) is 25.2 Å². The van der Waals surface area contributed by atoms with E-state index in [4.69, 9.17) is 14.0 Å². The first-order valence-corrected chi connectivity index (χ1v) is 10.3. The van der Waals surface area contributed by atoms with Crippen LogP contribution >= 0.6 is 0 Å². The van der Waals surface area contributed by atoms with E-state index in [0.717, 1.165) is 29.8 Å². The van der Waals surface area contributed by atoms with E-state index >= 15 is 0 Å². The van der Waals surface area contributed by atoms with Gasteiger partial charge in [0.25, 0.3) is 5.91 Å². The number of rotatable bonds is 4. The van der Waals surface area contributed by atoms with Crippen molar-refractivity contribution in [3.63, 3.8) is 0 Å². The van der Waals surface area contributed by atoms with Crippen LogP contribution in [0.3, 0.4) is 0 Å². The van der Waals surface area contributed by atoms with Crippen molar-refractivity contribution in [3.8, 4) is 22.9 Å². The fraction of sp³-hybridized carbons (Fsp3) is 0.429. The highest BCUT2D eigenvalue weighted by Crippen LogP contribution is 2.39. The van der Waals surface area contributed by atoms with Crippen LogP contribution in [0, 0.1) is 0 Å². The Morgan fingerprint density at radius 1 is 1.03 bits per heavy atom. The van der Waals surface area contributed by atoms with Gasteiger partial charge in [-0.3, -0.25) is 9.89 Å². The first-order valence-electron chi connectivity index (χ1n) is 10.3. The molecule has 9 nitrogen and oxygen atoms in total. The van der Waals surface area contributed by atoms with E-state index in [1.165, 1.54) is 12.8 Å². The third-order valence-corrected chi connectivity index (χ3v) is 6.04. The number of nitrogens with zero attached hydrogens (tertiary/aromatic N) is 4. The van der Waals surface area contributed by atoms with Gasteiger partial charge in [-0.15, -0.1) is 0 Å².